The summed E-state index contributed by atoms with van der Waals surface area (Å²) in [5, 5.41) is 0. The Morgan fingerprint density at radius 1 is 1.14 bits per heavy atom. The van der Waals surface area contributed by atoms with Crippen LogP contribution in [0.4, 0.5) is 0 Å². The first kappa shape index (κ1) is 19.9. The number of carbonyl (C=O) groups excluding carboxylic acids is 1. The zero-order chi connectivity index (χ0) is 20.5. The van der Waals surface area contributed by atoms with Gasteiger partial charge < -0.3 is 10.6 Å². The molecular formula is C25H35ClN2O. The molecule has 4 unspecified atom stereocenters. The molecule has 1 saturated heterocycles. The summed E-state index contributed by atoms with van der Waals surface area (Å²) in [4.78, 5) is 16.3. The molecule has 4 aliphatic carbocycles. The van der Waals surface area contributed by atoms with Crippen molar-refractivity contribution in [1.29, 1.82) is 0 Å². The predicted molar refractivity (Wildman–Crippen MR) is 118 cm³/mol. The van der Waals surface area contributed by atoms with Gasteiger partial charge in [0.25, 0.3) is 0 Å². The fourth-order valence-corrected chi connectivity index (χ4v) is 8.32. The van der Waals surface area contributed by atoms with E-state index in [0.717, 1.165) is 45.2 Å². The summed E-state index contributed by atoms with van der Waals surface area (Å²) < 4.78 is 0. The number of likely N-dealkylation sites (tertiary alicyclic amines) is 1. The van der Waals surface area contributed by atoms with Crippen LogP contribution in [0.2, 0.25) is 0 Å². The lowest BCUT2D eigenvalue weighted by molar-refractivity contribution is -0.172. The summed E-state index contributed by atoms with van der Waals surface area (Å²) in [6.07, 6.45) is 7.52. The third-order valence-corrected chi connectivity index (χ3v) is 9.47. The molecule has 1 aromatic carbocycles. The summed E-state index contributed by atoms with van der Waals surface area (Å²) in [6, 6.07) is 11.2. The Hall–Kier alpha value is -1.06. The highest BCUT2D eigenvalue weighted by atomic mass is 35.5. The Bertz CT molecular complexity index is 810. The zero-order valence-corrected chi connectivity index (χ0v) is 18.7. The fraction of sp³-hybridized carbons (Fsp3) is 0.720. The lowest BCUT2D eigenvalue weighted by Gasteiger charge is -2.66. The van der Waals surface area contributed by atoms with E-state index in [9.17, 15) is 4.79 Å². The first-order valence-electron chi connectivity index (χ1n) is 11.4. The van der Waals surface area contributed by atoms with Crippen LogP contribution in [0.5, 0.6) is 0 Å². The lowest BCUT2D eigenvalue weighted by atomic mass is 9.38. The van der Waals surface area contributed by atoms with E-state index in [0.29, 0.717) is 17.7 Å². The Labute approximate surface area is 180 Å². The van der Waals surface area contributed by atoms with Crippen molar-refractivity contribution >= 4 is 17.5 Å². The van der Waals surface area contributed by atoms with Crippen molar-refractivity contribution in [3.05, 3.63) is 35.9 Å². The first-order chi connectivity index (χ1) is 13.7. The van der Waals surface area contributed by atoms with Crippen molar-refractivity contribution in [3.63, 3.8) is 0 Å². The minimum Gasteiger partial charge on any atom is -0.342 e. The molecule has 1 heterocycles. The average molecular weight is 415 g/mol. The normalized spacial score (nSPS) is 42.8. The van der Waals surface area contributed by atoms with Crippen molar-refractivity contribution in [2.45, 2.75) is 70.3 Å². The summed E-state index contributed by atoms with van der Waals surface area (Å²) in [6.45, 7) is 6.01. The molecule has 0 spiro atoms. The Balaban J connectivity index is 1.52. The number of alkyl halides is 1. The quantitative estimate of drug-likeness (QED) is 0.727. The maximum atomic E-state index is 14.1. The van der Waals surface area contributed by atoms with E-state index in [1.807, 2.05) is 0 Å². The second kappa shape index (κ2) is 6.47. The van der Waals surface area contributed by atoms with Crippen LogP contribution in [-0.2, 0) is 10.2 Å². The van der Waals surface area contributed by atoms with Gasteiger partial charge in [0.05, 0.1) is 5.41 Å². The second-order valence-electron chi connectivity index (χ2n) is 11.7. The maximum absolute atomic E-state index is 14.1. The lowest BCUT2D eigenvalue weighted by Crippen LogP contribution is -2.65. The number of nitrogens with zero attached hydrogens (tertiary/aromatic N) is 1. The number of piperidine rings is 1. The van der Waals surface area contributed by atoms with Gasteiger partial charge in [-0.2, -0.15) is 0 Å². The summed E-state index contributed by atoms with van der Waals surface area (Å²) in [5.41, 5.74) is 7.78. The number of rotatable bonds is 3. The van der Waals surface area contributed by atoms with Crippen LogP contribution in [-0.4, -0.2) is 35.8 Å². The van der Waals surface area contributed by atoms with Gasteiger partial charge in [-0.1, -0.05) is 44.2 Å². The maximum Gasteiger partial charge on any atom is 0.228 e. The molecule has 0 aromatic heterocycles. The van der Waals surface area contributed by atoms with Crippen LogP contribution >= 0.6 is 11.6 Å². The summed E-state index contributed by atoms with van der Waals surface area (Å²) in [7, 11) is 0. The van der Waals surface area contributed by atoms with Crippen molar-refractivity contribution < 1.29 is 4.79 Å². The van der Waals surface area contributed by atoms with Gasteiger partial charge >= 0.3 is 0 Å². The zero-order valence-electron chi connectivity index (χ0n) is 17.9. The van der Waals surface area contributed by atoms with Crippen molar-refractivity contribution in [2.75, 3.05) is 19.0 Å². The SMILES string of the molecule is CC1(C)CN(C(=O)C23CC4CC(CCl)(C2)CC(c2ccccc2)(C4)C3)CC[C@@H]1N. The van der Waals surface area contributed by atoms with Crippen LogP contribution in [0.15, 0.2) is 30.3 Å². The smallest absolute Gasteiger partial charge is 0.228 e. The van der Waals surface area contributed by atoms with E-state index in [-0.39, 0.29) is 27.7 Å². The number of benzene rings is 1. The second-order valence-corrected chi connectivity index (χ2v) is 11.9. The molecule has 3 nitrogen and oxygen atoms in total. The molecule has 0 radical (unpaired) electrons. The molecule has 4 heteroatoms. The summed E-state index contributed by atoms with van der Waals surface area (Å²) >= 11 is 6.65. The van der Waals surface area contributed by atoms with E-state index in [1.54, 1.807) is 0 Å². The highest BCUT2D eigenvalue weighted by molar-refractivity contribution is 6.18. The molecule has 5 aliphatic rings. The van der Waals surface area contributed by atoms with Gasteiger partial charge in [0.15, 0.2) is 0 Å². The first-order valence-corrected chi connectivity index (χ1v) is 11.9. The Morgan fingerprint density at radius 2 is 1.90 bits per heavy atom. The highest BCUT2D eigenvalue weighted by Crippen LogP contribution is 2.70. The Kier molecular flexibility index (Phi) is 4.43. The number of halogens is 1. The van der Waals surface area contributed by atoms with E-state index >= 15 is 0 Å². The Morgan fingerprint density at radius 3 is 2.59 bits per heavy atom. The third kappa shape index (κ3) is 2.98. The van der Waals surface area contributed by atoms with Crippen molar-refractivity contribution in [2.24, 2.45) is 27.9 Å². The number of amides is 1. The van der Waals surface area contributed by atoms with E-state index in [4.69, 9.17) is 17.3 Å². The van der Waals surface area contributed by atoms with Gasteiger partial charge in [-0.15, -0.1) is 11.6 Å². The van der Waals surface area contributed by atoms with Gasteiger partial charge in [0, 0.05) is 25.0 Å². The fourth-order valence-electron chi connectivity index (χ4n) is 8.02. The molecule has 5 fully saturated rings. The highest BCUT2D eigenvalue weighted by Gasteiger charge is 2.66. The molecule has 2 N–H and O–H groups in total. The molecule has 4 saturated carbocycles. The van der Waals surface area contributed by atoms with Crippen LogP contribution in [0.1, 0.15) is 64.4 Å². The van der Waals surface area contributed by atoms with Crippen LogP contribution in [0, 0.1) is 22.2 Å². The third-order valence-electron chi connectivity index (χ3n) is 8.91. The topological polar surface area (TPSA) is 46.3 Å². The molecule has 1 amide bonds. The number of hydrogen-bond donors (Lipinski definition) is 1. The van der Waals surface area contributed by atoms with Gasteiger partial charge in [0.1, 0.15) is 0 Å². The number of nitrogens with two attached hydrogens (primary N) is 1. The molecule has 6 rings (SSSR count). The van der Waals surface area contributed by atoms with Gasteiger partial charge in [-0.05, 0) is 72.7 Å². The standard InChI is InChI=1S/C25H35ClN2O/c1-22(2)17-28(9-8-20(22)27)21(29)25-12-18-10-23(14-25,16-26)13-24(11-18,15-25)19-6-4-3-5-7-19/h3-7,18,20H,8-17,27H2,1-2H3/t18?,20-,23?,24?,25?/m0/s1. The molecule has 29 heavy (non-hydrogen) atoms. The van der Waals surface area contributed by atoms with Crippen molar-refractivity contribution in [3.8, 4) is 0 Å². The van der Waals surface area contributed by atoms with Crippen LogP contribution < -0.4 is 5.73 Å². The molecule has 5 atom stereocenters. The van der Waals surface area contributed by atoms with Gasteiger partial charge in [0.2, 0.25) is 5.91 Å². The van der Waals surface area contributed by atoms with Crippen LogP contribution in [0.25, 0.3) is 0 Å². The molecule has 1 aromatic rings. The van der Waals surface area contributed by atoms with Crippen LogP contribution in [0.3, 0.4) is 0 Å². The predicted octanol–water partition coefficient (Wildman–Crippen LogP) is 4.72. The van der Waals surface area contributed by atoms with Gasteiger partial charge in [-0.3, -0.25) is 4.79 Å². The van der Waals surface area contributed by atoms with Gasteiger partial charge in [-0.25, -0.2) is 0 Å². The monoisotopic (exact) mass is 414 g/mol. The molecule has 4 bridgehead atoms. The van der Waals surface area contributed by atoms with Crippen molar-refractivity contribution in [1.82, 2.24) is 4.90 Å². The molecule has 158 valence electrons. The van der Waals surface area contributed by atoms with E-state index in [2.05, 4.69) is 49.1 Å². The minimum atomic E-state index is -0.234. The van der Waals surface area contributed by atoms with E-state index in [1.165, 1.54) is 18.4 Å². The largest absolute Gasteiger partial charge is 0.342 e. The van der Waals surface area contributed by atoms with E-state index < -0.39 is 0 Å². The average Bonchev–Trinajstić information content (AvgIpc) is 2.69. The number of carbonyl (C=O) groups is 1. The minimum absolute atomic E-state index is 0.0164. The number of hydrogen-bond acceptors (Lipinski definition) is 2. The molecule has 1 aliphatic heterocycles. The summed E-state index contributed by atoms with van der Waals surface area (Å²) in [5.74, 6) is 1.70. The molecular weight excluding hydrogens is 380 g/mol.